The number of aromatic nitrogens is 4. The average molecular weight is 426 g/mol. The second-order valence-electron chi connectivity index (χ2n) is 7.90. The summed E-state index contributed by atoms with van der Waals surface area (Å²) in [6, 6.07) is 8.24. The molecule has 1 fully saturated rings. The Morgan fingerprint density at radius 3 is 2.80 bits per heavy atom. The number of fused-ring (bicyclic) bond motifs is 1. The van der Waals surface area contributed by atoms with Crippen LogP contribution in [0.2, 0.25) is 5.02 Å². The van der Waals surface area contributed by atoms with Crippen LogP contribution in [0.5, 0.6) is 0 Å². The van der Waals surface area contributed by atoms with E-state index in [1.807, 2.05) is 23.0 Å². The highest BCUT2D eigenvalue weighted by atomic mass is 35.5. The van der Waals surface area contributed by atoms with Crippen LogP contribution in [0, 0.1) is 6.92 Å². The molecule has 156 valence electrons. The minimum absolute atomic E-state index is 0.203. The Balaban J connectivity index is 1.42. The van der Waals surface area contributed by atoms with E-state index < -0.39 is 0 Å². The third kappa shape index (κ3) is 3.32. The number of ether oxygens (including phenoxy) is 1. The molecule has 7 nitrogen and oxygen atoms in total. The number of anilines is 1. The summed E-state index contributed by atoms with van der Waals surface area (Å²) in [5.41, 5.74) is 5.01. The van der Waals surface area contributed by atoms with Gasteiger partial charge >= 0.3 is 0 Å². The molecule has 2 aliphatic rings. The zero-order valence-corrected chi connectivity index (χ0v) is 17.7. The Morgan fingerprint density at radius 1 is 1.13 bits per heavy atom. The van der Waals surface area contributed by atoms with E-state index in [0.29, 0.717) is 18.8 Å². The van der Waals surface area contributed by atoms with Crippen LogP contribution in [-0.2, 0) is 17.7 Å². The molecule has 8 heteroatoms. The average Bonchev–Trinajstić information content (AvgIpc) is 3.19. The van der Waals surface area contributed by atoms with Crippen molar-refractivity contribution in [2.24, 2.45) is 0 Å². The minimum atomic E-state index is -0.321. The van der Waals surface area contributed by atoms with Gasteiger partial charge in [-0.25, -0.2) is 4.68 Å². The number of para-hydroxylation sites is 1. The van der Waals surface area contributed by atoms with Gasteiger partial charge in [0.25, 0.3) is 5.56 Å². The smallest absolute Gasteiger partial charge is 0.290 e. The van der Waals surface area contributed by atoms with Gasteiger partial charge < -0.3 is 9.64 Å². The lowest BCUT2D eigenvalue weighted by Gasteiger charge is -2.30. The number of nitrogens with zero attached hydrogens (tertiary/aromatic N) is 5. The molecule has 0 radical (unpaired) electrons. The SMILES string of the molecule is Cc1ccccc1-n1ncc2c1CCN(c1cnn(C3CCCCO3)c(=O)c1Cl)C2. The van der Waals surface area contributed by atoms with Crippen LogP contribution < -0.4 is 10.5 Å². The van der Waals surface area contributed by atoms with Crippen molar-refractivity contribution in [3.8, 4) is 5.69 Å². The lowest BCUT2D eigenvalue weighted by atomic mass is 10.1. The molecule has 3 aromatic rings. The van der Waals surface area contributed by atoms with E-state index >= 15 is 0 Å². The van der Waals surface area contributed by atoms with Crippen LogP contribution in [0.3, 0.4) is 0 Å². The predicted octanol–water partition coefficient (Wildman–Crippen LogP) is 3.65. The highest BCUT2D eigenvalue weighted by Crippen LogP contribution is 2.30. The Kier molecular flexibility index (Phi) is 5.08. The molecule has 1 atom stereocenters. The van der Waals surface area contributed by atoms with Crippen molar-refractivity contribution in [1.29, 1.82) is 0 Å². The molecule has 0 bridgehead atoms. The minimum Gasteiger partial charge on any atom is -0.364 e. The first-order chi connectivity index (χ1) is 14.6. The number of hydrogen-bond donors (Lipinski definition) is 0. The molecule has 0 N–H and O–H groups in total. The molecule has 0 amide bonds. The summed E-state index contributed by atoms with van der Waals surface area (Å²) in [6.07, 6.45) is 6.92. The molecular weight excluding hydrogens is 402 g/mol. The summed E-state index contributed by atoms with van der Waals surface area (Å²) in [7, 11) is 0. The van der Waals surface area contributed by atoms with Crippen molar-refractivity contribution in [3.63, 3.8) is 0 Å². The van der Waals surface area contributed by atoms with Crippen LogP contribution in [-0.4, -0.2) is 32.7 Å². The van der Waals surface area contributed by atoms with Crippen molar-refractivity contribution < 1.29 is 4.74 Å². The van der Waals surface area contributed by atoms with Crippen LogP contribution in [0.4, 0.5) is 5.69 Å². The maximum Gasteiger partial charge on any atom is 0.290 e. The Hall–Kier alpha value is -2.64. The van der Waals surface area contributed by atoms with Gasteiger partial charge in [0.2, 0.25) is 0 Å². The summed E-state index contributed by atoms with van der Waals surface area (Å²) in [5, 5.41) is 9.22. The van der Waals surface area contributed by atoms with Crippen LogP contribution in [0.1, 0.15) is 42.3 Å². The zero-order chi connectivity index (χ0) is 20.7. The van der Waals surface area contributed by atoms with Crippen molar-refractivity contribution >= 4 is 17.3 Å². The summed E-state index contributed by atoms with van der Waals surface area (Å²) < 4.78 is 9.12. The highest BCUT2D eigenvalue weighted by Gasteiger charge is 2.26. The van der Waals surface area contributed by atoms with Gasteiger partial charge in [0, 0.05) is 31.7 Å². The van der Waals surface area contributed by atoms with Crippen LogP contribution in [0.25, 0.3) is 5.69 Å². The number of aryl methyl sites for hydroxylation is 1. The molecule has 2 aromatic heterocycles. The normalized spacial score (nSPS) is 19.0. The van der Waals surface area contributed by atoms with Gasteiger partial charge in [-0.3, -0.25) is 4.79 Å². The molecule has 0 aliphatic carbocycles. The number of rotatable bonds is 3. The summed E-state index contributed by atoms with van der Waals surface area (Å²) in [6.45, 7) is 4.13. The molecule has 1 saturated heterocycles. The molecule has 1 unspecified atom stereocenters. The second kappa shape index (κ2) is 7.89. The molecule has 1 aromatic carbocycles. The van der Waals surface area contributed by atoms with Gasteiger partial charge in [-0.15, -0.1) is 0 Å². The molecular formula is C22H24ClN5O2. The molecule has 0 spiro atoms. The fourth-order valence-corrected chi connectivity index (χ4v) is 4.58. The van der Waals surface area contributed by atoms with Crippen molar-refractivity contribution in [1.82, 2.24) is 19.6 Å². The van der Waals surface area contributed by atoms with Gasteiger partial charge in [0.1, 0.15) is 5.02 Å². The van der Waals surface area contributed by atoms with E-state index in [1.165, 1.54) is 15.9 Å². The van der Waals surface area contributed by atoms with E-state index in [9.17, 15) is 4.79 Å². The monoisotopic (exact) mass is 425 g/mol. The summed E-state index contributed by atoms with van der Waals surface area (Å²) >= 11 is 6.51. The van der Waals surface area contributed by atoms with E-state index in [-0.39, 0.29) is 16.8 Å². The van der Waals surface area contributed by atoms with Gasteiger partial charge in [-0.05, 0) is 37.8 Å². The van der Waals surface area contributed by atoms with Gasteiger partial charge in [-0.2, -0.15) is 14.9 Å². The predicted molar refractivity (Wildman–Crippen MR) is 115 cm³/mol. The second-order valence-corrected chi connectivity index (χ2v) is 8.28. The maximum atomic E-state index is 12.8. The third-order valence-electron chi connectivity index (χ3n) is 5.97. The van der Waals surface area contributed by atoms with E-state index in [2.05, 4.69) is 34.2 Å². The Bertz CT molecular complexity index is 1130. The quantitative estimate of drug-likeness (QED) is 0.640. The number of halogens is 1. The molecule has 4 heterocycles. The Morgan fingerprint density at radius 2 is 2.00 bits per heavy atom. The summed E-state index contributed by atoms with van der Waals surface area (Å²) in [4.78, 5) is 15.0. The van der Waals surface area contributed by atoms with Crippen LogP contribution in [0.15, 0.2) is 41.5 Å². The van der Waals surface area contributed by atoms with Crippen molar-refractivity contribution in [3.05, 3.63) is 68.9 Å². The first kappa shape index (κ1) is 19.3. The van der Waals surface area contributed by atoms with Gasteiger partial charge in [0.15, 0.2) is 6.23 Å². The number of benzene rings is 1. The molecule has 0 saturated carbocycles. The first-order valence-electron chi connectivity index (χ1n) is 10.4. The lowest BCUT2D eigenvalue weighted by molar-refractivity contribution is -0.0424. The topological polar surface area (TPSA) is 65.2 Å². The first-order valence-corrected chi connectivity index (χ1v) is 10.8. The Labute approximate surface area is 179 Å². The fourth-order valence-electron chi connectivity index (χ4n) is 4.32. The summed E-state index contributed by atoms with van der Waals surface area (Å²) in [5.74, 6) is 0. The number of hydrogen-bond acceptors (Lipinski definition) is 5. The van der Waals surface area contributed by atoms with Gasteiger partial charge in [-0.1, -0.05) is 29.8 Å². The highest BCUT2D eigenvalue weighted by molar-refractivity contribution is 6.33. The van der Waals surface area contributed by atoms with E-state index in [4.69, 9.17) is 16.3 Å². The molecule has 5 rings (SSSR count). The van der Waals surface area contributed by atoms with E-state index in [1.54, 1.807) is 6.20 Å². The maximum absolute atomic E-state index is 12.8. The molecule has 2 aliphatic heterocycles. The standard InChI is InChI=1S/C22H24ClN5O2/c1-15-6-2-3-7-17(15)27-18-9-10-26(14-16(18)12-24-27)19-13-25-28(22(29)21(19)23)20-8-4-5-11-30-20/h2-3,6-7,12-13,20H,4-5,8-11,14H2,1H3. The molecule has 30 heavy (non-hydrogen) atoms. The van der Waals surface area contributed by atoms with Crippen LogP contribution >= 0.6 is 11.6 Å². The van der Waals surface area contributed by atoms with E-state index in [0.717, 1.165) is 43.5 Å². The van der Waals surface area contributed by atoms with Gasteiger partial charge in [0.05, 0.1) is 29.5 Å². The zero-order valence-electron chi connectivity index (χ0n) is 16.9. The fraction of sp³-hybridized carbons (Fsp3) is 0.409. The van der Waals surface area contributed by atoms with Crippen molar-refractivity contribution in [2.45, 2.75) is 45.4 Å². The lowest BCUT2D eigenvalue weighted by Crippen LogP contribution is -2.35. The third-order valence-corrected chi connectivity index (χ3v) is 6.33. The largest absolute Gasteiger partial charge is 0.364 e. The van der Waals surface area contributed by atoms with Crippen molar-refractivity contribution in [2.75, 3.05) is 18.1 Å².